The molecule has 5 unspecified atom stereocenters. The van der Waals surface area contributed by atoms with Gasteiger partial charge in [0.15, 0.2) is 6.10 Å². The normalized spacial score (nSPS) is 14.9. The number of phosphoric ester groups is 2. The minimum atomic E-state index is -4.97. The van der Waals surface area contributed by atoms with E-state index >= 15 is 0 Å². The van der Waals surface area contributed by atoms with Crippen molar-refractivity contribution in [2.45, 2.75) is 322 Å². The van der Waals surface area contributed by atoms with Gasteiger partial charge in [-0.1, -0.05) is 324 Å². The van der Waals surface area contributed by atoms with Gasteiger partial charge < -0.3 is 34.2 Å². The fourth-order valence-corrected chi connectivity index (χ4v) is 12.1. The first-order valence-corrected chi connectivity index (χ1v) is 44.7. The molecule has 0 amide bonds. The van der Waals surface area contributed by atoms with Crippen LogP contribution in [-0.4, -0.2) is 95.9 Å². The molecule has 0 aliphatic carbocycles. The average molecular weight is 1560 g/mol. The van der Waals surface area contributed by atoms with Crippen LogP contribution in [0.2, 0.25) is 0 Å². The molecule has 0 saturated carbocycles. The Kier molecular flexibility index (Phi) is 77.7. The van der Waals surface area contributed by atoms with Crippen LogP contribution in [0.15, 0.2) is 194 Å². The van der Waals surface area contributed by atoms with E-state index in [2.05, 4.69) is 197 Å². The van der Waals surface area contributed by atoms with Gasteiger partial charge in [-0.15, -0.1) is 0 Å². The van der Waals surface area contributed by atoms with Crippen LogP contribution in [0.4, 0.5) is 0 Å². The zero-order valence-electron chi connectivity index (χ0n) is 67.6. The van der Waals surface area contributed by atoms with Gasteiger partial charge in [0.25, 0.3) is 0 Å². The third kappa shape index (κ3) is 83.2. The van der Waals surface area contributed by atoms with E-state index in [-0.39, 0.29) is 19.3 Å². The lowest BCUT2D eigenvalue weighted by molar-refractivity contribution is -0.161. The third-order valence-corrected chi connectivity index (χ3v) is 18.7. The molecule has 0 heterocycles. The molecule has 16 nitrogen and oxygen atoms in total. The molecule has 0 aromatic heterocycles. The largest absolute Gasteiger partial charge is 0.472 e. The second kappa shape index (κ2) is 81.9. The average Bonchev–Trinajstić information content (AvgIpc) is 0.906. The summed E-state index contributed by atoms with van der Waals surface area (Å²) >= 11 is 0. The van der Waals surface area contributed by atoms with Gasteiger partial charge in [0, 0.05) is 19.3 Å². The summed E-state index contributed by atoms with van der Waals surface area (Å²) in [6, 6.07) is 0. The summed E-state index contributed by atoms with van der Waals surface area (Å²) in [7, 11) is -9.85. The first-order valence-electron chi connectivity index (χ1n) is 41.7. The van der Waals surface area contributed by atoms with E-state index in [0.717, 1.165) is 122 Å². The maximum Gasteiger partial charge on any atom is 0.472 e. The molecule has 0 aliphatic rings. The van der Waals surface area contributed by atoms with Gasteiger partial charge in [0.1, 0.15) is 25.4 Å². The Morgan fingerprint density at radius 1 is 0.266 bits per heavy atom. The van der Waals surface area contributed by atoms with Crippen LogP contribution in [0.25, 0.3) is 0 Å². The monoisotopic (exact) mass is 1560 g/mol. The molecule has 0 bridgehead atoms. The lowest BCUT2D eigenvalue weighted by Gasteiger charge is -2.21. The van der Waals surface area contributed by atoms with Gasteiger partial charge >= 0.3 is 33.6 Å². The summed E-state index contributed by atoms with van der Waals surface area (Å²) in [4.78, 5) is 58.7. The Bertz CT molecular complexity index is 2760. The van der Waals surface area contributed by atoms with Gasteiger partial charge in [-0.2, -0.15) is 0 Å². The minimum absolute atomic E-state index is 0.0385. The standard InChI is InChI=1S/C91H148O16P2/c1-4-7-10-13-16-19-22-25-28-31-34-36-37-38-39-40-41-42-43-44-45-46-47-49-52-53-56-59-62-65-68-71-74-77-89(94)101-80-86(92)81-103-108(97,98)104-82-87(93)83-105-109(99,100)106-85-88(107-91(96)79-76-73-70-67-64-61-58-55-50-33-30-27-24-21-18-15-12-9-6-3)84-102-90(95)78-75-72-69-66-63-60-57-54-51-48-35-32-29-26-23-20-17-14-11-8-5-2/h8-9,11-12,16-21,25-30,34-36,38-39,48,50,54-55,57,61,63-64,66,70,73,86-88,92-93H,4-7,10,13-15,22-24,31-33,37,40-47,49,51-53,56,58-60,62,65,67-69,71-72,74-85H2,1-3H3,(H,97,98)(H,99,100)/b11-8-,12-9-,19-16-,20-17-,21-18-,28-25-,29-26-,30-27-,36-34-,39-38-,48-35-,55-50-,57-54-,64-61-,66-63-,73-70-. The number of allylic oxidation sites excluding steroid dienone is 32. The molecule has 0 spiro atoms. The molecular formula is C91H148O16P2. The summed E-state index contributed by atoms with van der Waals surface area (Å²) in [5.41, 5.74) is 0. The van der Waals surface area contributed by atoms with Crippen molar-refractivity contribution in [2.24, 2.45) is 0 Å². The van der Waals surface area contributed by atoms with Gasteiger partial charge in [0.2, 0.25) is 0 Å². The van der Waals surface area contributed by atoms with Gasteiger partial charge in [0.05, 0.1) is 26.4 Å². The van der Waals surface area contributed by atoms with Crippen LogP contribution in [0.1, 0.15) is 303 Å². The van der Waals surface area contributed by atoms with Crippen LogP contribution in [0.3, 0.4) is 0 Å². The zero-order valence-corrected chi connectivity index (χ0v) is 69.4. The van der Waals surface area contributed by atoms with Crippen LogP contribution in [0.5, 0.6) is 0 Å². The second-order valence-electron chi connectivity index (χ2n) is 27.2. The molecule has 0 aromatic rings. The summed E-state index contributed by atoms with van der Waals surface area (Å²) in [6.07, 6.45) is 108. The van der Waals surface area contributed by atoms with E-state index < -0.39 is 91.5 Å². The molecule has 618 valence electrons. The molecule has 0 radical (unpaired) electrons. The van der Waals surface area contributed by atoms with Crippen molar-refractivity contribution in [1.82, 2.24) is 0 Å². The van der Waals surface area contributed by atoms with Crippen molar-refractivity contribution in [3.8, 4) is 0 Å². The number of carbonyl (C=O) groups is 3. The van der Waals surface area contributed by atoms with Crippen LogP contribution < -0.4 is 0 Å². The van der Waals surface area contributed by atoms with Crippen LogP contribution >= 0.6 is 15.6 Å². The number of carbonyl (C=O) groups excluding carboxylic acids is 3. The fraction of sp³-hybridized carbons (Fsp3) is 0.615. The Morgan fingerprint density at radius 3 is 0.826 bits per heavy atom. The molecule has 4 N–H and O–H groups in total. The third-order valence-electron chi connectivity index (χ3n) is 16.8. The SMILES string of the molecule is CC/C=C\C/C=C\C/C=C\C/C=C\C/C=C\C/C=C\CCCCC(=O)OCC(COP(=O)(O)OCC(O)COP(=O)(O)OCC(O)COC(=O)CCCCCCCCCCCCCCCCCCC/C=C\C/C=C\C/C=C\C/C=C\CCCCC)OC(=O)CC/C=C\C/C=C\C/C=C\C/C=C\C/C=C\C/C=C\CC. The summed E-state index contributed by atoms with van der Waals surface area (Å²) in [6.45, 7) is 2.27. The molecule has 0 saturated heterocycles. The Labute approximate surface area is 661 Å². The number of ether oxygens (including phenoxy) is 3. The number of aliphatic hydroxyl groups excluding tert-OH is 2. The van der Waals surface area contributed by atoms with Gasteiger partial charge in [-0.25, -0.2) is 9.13 Å². The van der Waals surface area contributed by atoms with Crippen LogP contribution in [0, 0.1) is 0 Å². The Hall–Kier alpha value is -5.61. The highest BCUT2D eigenvalue weighted by Gasteiger charge is 2.29. The summed E-state index contributed by atoms with van der Waals surface area (Å²) < 4.78 is 61.1. The Morgan fingerprint density at radius 2 is 0.505 bits per heavy atom. The number of phosphoric acid groups is 2. The molecule has 5 atom stereocenters. The number of unbranched alkanes of at least 4 members (excludes halogenated alkanes) is 22. The topological polar surface area (TPSA) is 231 Å². The minimum Gasteiger partial charge on any atom is -0.463 e. The molecule has 0 aromatic carbocycles. The lowest BCUT2D eigenvalue weighted by atomic mass is 10.0. The highest BCUT2D eigenvalue weighted by Crippen LogP contribution is 2.45. The molecule has 0 fully saturated rings. The van der Waals surface area contributed by atoms with E-state index in [1.165, 1.54) is 116 Å². The van der Waals surface area contributed by atoms with E-state index in [9.17, 15) is 43.5 Å². The van der Waals surface area contributed by atoms with Crippen molar-refractivity contribution < 1.29 is 75.8 Å². The predicted octanol–water partition coefficient (Wildman–Crippen LogP) is 25.1. The van der Waals surface area contributed by atoms with Crippen molar-refractivity contribution in [3.05, 3.63) is 194 Å². The lowest BCUT2D eigenvalue weighted by Crippen LogP contribution is -2.29. The highest BCUT2D eigenvalue weighted by atomic mass is 31.2. The van der Waals surface area contributed by atoms with Gasteiger partial charge in [-0.05, 0) is 154 Å². The van der Waals surface area contributed by atoms with Crippen molar-refractivity contribution in [2.75, 3.05) is 39.6 Å². The number of hydrogen-bond donors (Lipinski definition) is 4. The maximum atomic E-state index is 13.0. The van der Waals surface area contributed by atoms with E-state index in [1.807, 2.05) is 18.2 Å². The van der Waals surface area contributed by atoms with Crippen molar-refractivity contribution >= 4 is 33.6 Å². The van der Waals surface area contributed by atoms with Crippen molar-refractivity contribution in [1.29, 1.82) is 0 Å². The second-order valence-corrected chi connectivity index (χ2v) is 30.1. The smallest absolute Gasteiger partial charge is 0.463 e. The number of esters is 3. The number of hydrogen-bond acceptors (Lipinski definition) is 14. The van der Waals surface area contributed by atoms with Crippen LogP contribution in [-0.2, 0) is 55.8 Å². The maximum absolute atomic E-state index is 13.0. The first-order chi connectivity index (χ1) is 53.2. The quantitative estimate of drug-likeness (QED) is 0.0146. The predicted molar refractivity (Wildman–Crippen MR) is 454 cm³/mol. The van der Waals surface area contributed by atoms with E-state index in [4.69, 9.17) is 32.3 Å². The van der Waals surface area contributed by atoms with Gasteiger partial charge in [-0.3, -0.25) is 32.5 Å². The Balaban J connectivity index is 4.61. The molecule has 0 aliphatic heterocycles. The van der Waals surface area contributed by atoms with E-state index in [0.29, 0.717) is 25.7 Å². The highest BCUT2D eigenvalue weighted by molar-refractivity contribution is 7.47. The fourth-order valence-electron chi connectivity index (χ4n) is 10.5. The number of aliphatic hydroxyl groups is 2. The van der Waals surface area contributed by atoms with E-state index in [1.54, 1.807) is 0 Å². The molecule has 18 heteroatoms. The molecule has 0 rings (SSSR count). The first kappa shape index (κ1) is 103. The summed E-state index contributed by atoms with van der Waals surface area (Å²) in [5, 5.41) is 20.7. The zero-order chi connectivity index (χ0) is 79.4. The molecular weight excluding hydrogens is 1410 g/mol. The molecule has 109 heavy (non-hydrogen) atoms. The number of rotatable bonds is 77. The summed E-state index contributed by atoms with van der Waals surface area (Å²) in [5.74, 6) is -1.74. The van der Waals surface area contributed by atoms with Crippen molar-refractivity contribution in [3.63, 3.8) is 0 Å².